The Bertz CT molecular complexity index is 227. The average molecular weight is 276 g/mol. The Morgan fingerprint density at radius 2 is 1.26 bits per heavy atom. The number of ketones is 1. The molecule has 0 spiro atoms. The van der Waals surface area contributed by atoms with E-state index in [1.54, 1.807) is 6.92 Å². The van der Waals surface area contributed by atoms with Gasteiger partial charge < -0.3 is 0 Å². The number of alkyl halides is 2. The molecule has 0 aliphatic carbocycles. The second kappa shape index (κ2) is 11.4. The highest BCUT2D eigenvalue weighted by atomic mass is 19.3. The summed E-state index contributed by atoms with van der Waals surface area (Å²) in [5.41, 5.74) is 0. The van der Waals surface area contributed by atoms with Gasteiger partial charge in [-0.25, -0.2) is 0 Å². The molecule has 0 rings (SSSR count). The first-order valence-electron chi connectivity index (χ1n) is 7.95. The summed E-state index contributed by atoms with van der Waals surface area (Å²) in [7, 11) is 0. The highest BCUT2D eigenvalue weighted by Gasteiger charge is 2.36. The van der Waals surface area contributed by atoms with Gasteiger partial charge in [0.25, 0.3) is 0 Å². The van der Waals surface area contributed by atoms with E-state index in [0.717, 1.165) is 19.3 Å². The number of carbonyl (C=O) groups excluding carboxylic acids is 1. The van der Waals surface area contributed by atoms with Crippen LogP contribution in [0, 0.1) is 0 Å². The zero-order valence-electron chi connectivity index (χ0n) is 12.6. The molecule has 0 saturated heterocycles. The van der Waals surface area contributed by atoms with E-state index in [4.69, 9.17) is 0 Å². The molecule has 0 radical (unpaired) electrons. The number of halogens is 2. The lowest BCUT2D eigenvalue weighted by molar-refractivity contribution is -0.144. The van der Waals surface area contributed by atoms with Gasteiger partial charge in [-0.2, -0.15) is 8.78 Å². The van der Waals surface area contributed by atoms with Crippen LogP contribution in [0.4, 0.5) is 8.78 Å². The molecule has 0 aliphatic rings. The van der Waals surface area contributed by atoms with Crippen molar-refractivity contribution in [2.24, 2.45) is 0 Å². The van der Waals surface area contributed by atoms with Crippen LogP contribution in [0.25, 0.3) is 0 Å². The van der Waals surface area contributed by atoms with Crippen molar-refractivity contribution in [1.29, 1.82) is 0 Å². The van der Waals surface area contributed by atoms with Crippen molar-refractivity contribution < 1.29 is 13.6 Å². The molecule has 0 saturated carbocycles. The number of Topliss-reactive ketones (excluding diaryl/α,β-unsaturated/α-hetero) is 1. The summed E-state index contributed by atoms with van der Waals surface area (Å²) in [5, 5.41) is 0. The molecule has 0 atom stereocenters. The monoisotopic (exact) mass is 276 g/mol. The lowest BCUT2D eigenvalue weighted by atomic mass is 10.0. The van der Waals surface area contributed by atoms with E-state index in [2.05, 4.69) is 6.92 Å². The maximum Gasteiger partial charge on any atom is 0.305 e. The van der Waals surface area contributed by atoms with E-state index in [9.17, 15) is 13.6 Å². The van der Waals surface area contributed by atoms with Crippen molar-refractivity contribution in [3.63, 3.8) is 0 Å². The molecule has 0 heterocycles. The second-order valence-corrected chi connectivity index (χ2v) is 5.46. The molecule has 0 aromatic heterocycles. The fourth-order valence-corrected chi connectivity index (χ4v) is 2.21. The van der Waals surface area contributed by atoms with Crippen LogP contribution in [0.2, 0.25) is 0 Å². The standard InChI is InChI=1S/C16H30F2O/c1-3-5-6-7-8-9-10-11-12-14-16(17,18)15(19)13-4-2/h3-14H2,1-2H3. The Morgan fingerprint density at radius 1 is 0.789 bits per heavy atom. The first-order chi connectivity index (χ1) is 9.04. The molecule has 0 unspecified atom stereocenters. The maximum atomic E-state index is 13.4. The maximum absolute atomic E-state index is 13.4. The van der Waals surface area contributed by atoms with E-state index in [-0.39, 0.29) is 12.8 Å². The Labute approximate surface area is 117 Å². The molecule has 1 nitrogen and oxygen atoms in total. The molecule has 114 valence electrons. The quantitative estimate of drug-likeness (QED) is 0.382. The number of unbranched alkanes of at least 4 members (excludes halogenated alkanes) is 8. The summed E-state index contributed by atoms with van der Waals surface area (Å²) in [6, 6.07) is 0. The predicted octanol–water partition coefficient (Wildman–Crippen LogP) is 5.91. The van der Waals surface area contributed by atoms with Gasteiger partial charge in [-0.05, 0) is 12.8 Å². The highest BCUT2D eigenvalue weighted by molar-refractivity contribution is 5.85. The molecule has 0 aromatic rings. The zero-order chi connectivity index (χ0) is 14.6. The topological polar surface area (TPSA) is 17.1 Å². The van der Waals surface area contributed by atoms with Crippen LogP contribution in [-0.2, 0) is 4.79 Å². The lowest BCUT2D eigenvalue weighted by Crippen LogP contribution is -2.28. The number of rotatable bonds is 13. The molecule has 3 heteroatoms. The smallest absolute Gasteiger partial charge is 0.293 e. The van der Waals surface area contributed by atoms with E-state index in [1.165, 1.54) is 32.1 Å². The molecule has 0 aromatic carbocycles. The summed E-state index contributed by atoms with van der Waals surface area (Å²) in [6.07, 6.45) is 10.0. The average Bonchev–Trinajstić information content (AvgIpc) is 2.37. The molecule has 0 N–H and O–H groups in total. The molecular weight excluding hydrogens is 246 g/mol. The number of hydrogen-bond donors (Lipinski definition) is 0. The zero-order valence-corrected chi connectivity index (χ0v) is 12.6. The molecular formula is C16H30F2O. The van der Waals surface area contributed by atoms with Crippen LogP contribution in [0.5, 0.6) is 0 Å². The Morgan fingerprint density at radius 3 is 1.74 bits per heavy atom. The minimum atomic E-state index is -3.09. The third-order valence-corrected chi connectivity index (χ3v) is 3.48. The van der Waals surface area contributed by atoms with Gasteiger partial charge in [-0.1, -0.05) is 65.2 Å². The molecule has 0 bridgehead atoms. The first kappa shape index (κ1) is 18.5. The minimum absolute atomic E-state index is 0.00439. The lowest BCUT2D eigenvalue weighted by Gasteiger charge is -2.14. The third-order valence-electron chi connectivity index (χ3n) is 3.48. The van der Waals surface area contributed by atoms with Crippen molar-refractivity contribution in [1.82, 2.24) is 0 Å². The molecule has 0 amide bonds. The van der Waals surface area contributed by atoms with Crippen LogP contribution in [-0.4, -0.2) is 11.7 Å². The minimum Gasteiger partial charge on any atom is -0.293 e. The van der Waals surface area contributed by atoms with Gasteiger partial charge in [0.15, 0.2) is 0 Å². The second-order valence-electron chi connectivity index (χ2n) is 5.46. The van der Waals surface area contributed by atoms with Crippen molar-refractivity contribution in [3.8, 4) is 0 Å². The summed E-state index contributed by atoms with van der Waals surface area (Å²) >= 11 is 0. The van der Waals surface area contributed by atoms with E-state index in [0.29, 0.717) is 12.8 Å². The van der Waals surface area contributed by atoms with Gasteiger partial charge in [0.2, 0.25) is 5.78 Å². The molecule has 0 fully saturated rings. The van der Waals surface area contributed by atoms with Crippen LogP contribution >= 0.6 is 0 Å². The normalized spacial score (nSPS) is 11.8. The molecule has 19 heavy (non-hydrogen) atoms. The van der Waals surface area contributed by atoms with E-state index < -0.39 is 11.7 Å². The SMILES string of the molecule is CCCCCCCCCCCC(F)(F)C(=O)CCC. The first-order valence-corrected chi connectivity index (χ1v) is 7.95. The Kier molecular flexibility index (Phi) is 11.1. The third kappa shape index (κ3) is 10.0. The van der Waals surface area contributed by atoms with Gasteiger partial charge in [0, 0.05) is 12.8 Å². The number of carbonyl (C=O) groups is 1. The number of hydrogen-bond acceptors (Lipinski definition) is 1. The highest BCUT2D eigenvalue weighted by Crippen LogP contribution is 2.25. The van der Waals surface area contributed by atoms with Crippen molar-refractivity contribution >= 4 is 5.78 Å². The van der Waals surface area contributed by atoms with E-state index in [1.807, 2.05) is 0 Å². The van der Waals surface area contributed by atoms with Gasteiger partial charge in [0.05, 0.1) is 0 Å². The largest absolute Gasteiger partial charge is 0.305 e. The van der Waals surface area contributed by atoms with Crippen LogP contribution in [0.1, 0.15) is 90.9 Å². The van der Waals surface area contributed by atoms with Gasteiger partial charge in [-0.3, -0.25) is 4.79 Å². The fraction of sp³-hybridized carbons (Fsp3) is 0.938. The van der Waals surface area contributed by atoms with Crippen LogP contribution in [0.15, 0.2) is 0 Å². The van der Waals surface area contributed by atoms with Crippen LogP contribution < -0.4 is 0 Å². The summed E-state index contributed by atoms with van der Waals surface area (Å²) in [5.74, 6) is -3.97. The summed E-state index contributed by atoms with van der Waals surface area (Å²) in [4.78, 5) is 11.2. The van der Waals surface area contributed by atoms with Gasteiger partial charge in [0.1, 0.15) is 0 Å². The summed E-state index contributed by atoms with van der Waals surface area (Å²) < 4.78 is 26.7. The predicted molar refractivity (Wildman–Crippen MR) is 76.7 cm³/mol. The Balaban J connectivity index is 3.45. The fourth-order valence-electron chi connectivity index (χ4n) is 2.21. The van der Waals surface area contributed by atoms with Crippen molar-refractivity contribution in [3.05, 3.63) is 0 Å². The van der Waals surface area contributed by atoms with Gasteiger partial charge >= 0.3 is 5.92 Å². The van der Waals surface area contributed by atoms with Gasteiger partial charge in [-0.15, -0.1) is 0 Å². The Hall–Kier alpha value is -0.470. The van der Waals surface area contributed by atoms with E-state index >= 15 is 0 Å². The van der Waals surface area contributed by atoms with Crippen LogP contribution in [0.3, 0.4) is 0 Å². The summed E-state index contributed by atoms with van der Waals surface area (Å²) in [6.45, 7) is 3.95. The van der Waals surface area contributed by atoms with Crippen molar-refractivity contribution in [2.45, 2.75) is 96.8 Å². The van der Waals surface area contributed by atoms with Crippen molar-refractivity contribution in [2.75, 3.05) is 0 Å². The molecule has 0 aliphatic heterocycles.